The number of hydrogen-bond donors (Lipinski definition) is 1. The number of carbonyl (C=O) groups excluding carboxylic acids is 1. The minimum Gasteiger partial charge on any atom is -0.477 e. The van der Waals surface area contributed by atoms with Crippen LogP contribution in [0.5, 0.6) is 5.75 Å². The Hall–Kier alpha value is -1.82. The summed E-state index contributed by atoms with van der Waals surface area (Å²) >= 11 is 5.71. The average Bonchev–Trinajstić information content (AvgIpc) is 2.43. The van der Waals surface area contributed by atoms with Crippen molar-refractivity contribution in [3.05, 3.63) is 33.3 Å². The largest absolute Gasteiger partial charge is 0.477 e. The fraction of sp³-hybridized carbons (Fsp3) is 0.533. The normalized spacial score (nSPS) is 12.0. The van der Waals surface area contributed by atoms with Gasteiger partial charge in [0, 0.05) is 17.1 Å². The SMILES string of the molecule is CC(C)CC[C@@H](C)NC(=O)COc1ccc(Cl)cc1[N+](=O)[O-]. The molecule has 6 nitrogen and oxygen atoms in total. The second-order valence-corrected chi connectivity index (χ2v) is 6.03. The van der Waals surface area contributed by atoms with E-state index in [-0.39, 0.29) is 35.0 Å². The molecule has 0 fully saturated rings. The molecule has 1 rings (SSSR count). The number of nitrogens with one attached hydrogen (secondary N) is 1. The molecule has 0 aliphatic heterocycles. The Morgan fingerprint density at radius 2 is 2.05 bits per heavy atom. The molecule has 0 heterocycles. The summed E-state index contributed by atoms with van der Waals surface area (Å²) in [6.07, 6.45) is 1.90. The Morgan fingerprint density at radius 1 is 1.36 bits per heavy atom. The molecule has 1 aromatic carbocycles. The van der Waals surface area contributed by atoms with Gasteiger partial charge in [0.05, 0.1) is 4.92 Å². The van der Waals surface area contributed by atoms with Crippen LogP contribution in [-0.2, 0) is 4.79 Å². The molecule has 1 amide bonds. The van der Waals surface area contributed by atoms with Crippen LogP contribution in [0.3, 0.4) is 0 Å². The summed E-state index contributed by atoms with van der Waals surface area (Å²) in [4.78, 5) is 22.1. The molecule has 0 radical (unpaired) electrons. The maximum atomic E-state index is 11.8. The molecular formula is C15H21ClN2O4. The zero-order valence-corrected chi connectivity index (χ0v) is 13.7. The summed E-state index contributed by atoms with van der Waals surface area (Å²) in [7, 11) is 0. The molecule has 0 aliphatic carbocycles. The molecular weight excluding hydrogens is 308 g/mol. The van der Waals surface area contributed by atoms with Crippen molar-refractivity contribution in [3.63, 3.8) is 0 Å². The van der Waals surface area contributed by atoms with Crippen molar-refractivity contribution in [1.29, 1.82) is 0 Å². The summed E-state index contributed by atoms with van der Waals surface area (Å²) in [6.45, 7) is 5.90. The van der Waals surface area contributed by atoms with Gasteiger partial charge in [-0.25, -0.2) is 0 Å². The molecule has 1 N–H and O–H groups in total. The first-order valence-corrected chi connectivity index (χ1v) is 7.53. The summed E-state index contributed by atoms with van der Waals surface area (Å²) in [6, 6.07) is 4.10. The van der Waals surface area contributed by atoms with Gasteiger partial charge in [0.15, 0.2) is 12.4 Å². The van der Waals surface area contributed by atoms with Gasteiger partial charge in [-0.1, -0.05) is 25.4 Å². The second kappa shape index (κ2) is 8.58. The van der Waals surface area contributed by atoms with Crippen molar-refractivity contribution in [2.75, 3.05) is 6.61 Å². The minimum absolute atomic E-state index is 0.0272. The number of nitro groups is 1. The quantitative estimate of drug-likeness (QED) is 0.584. The number of amides is 1. The van der Waals surface area contributed by atoms with E-state index in [4.69, 9.17) is 16.3 Å². The number of nitrogens with zero attached hydrogens (tertiary/aromatic N) is 1. The van der Waals surface area contributed by atoms with Crippen LogP contribution >= 0.6 is 11.6 Å². The zero-order valence-electron chi connectivity index (χ0n) is 13.0. The van der Waals surface area contributed by atoms with Crippen LogP contribution < -0.4 is 10.1 Å². The van der Waals surface area contributed by atoms with Crippen molar-refractivity contribution in [2.45, 2.75) is 39.7 Å². The Kier molecular flexibility index (Phi) is 7.11. The molecule has 0 aromatic heterocycles. The molecule has 122 valence electrons. The molecule has 0 spiro atoms. The summed E-state index contributed by atoms with van der Waals surface area (Å²) < 4.78 is 5.23. The van der Waals surface area contributed by atoms with E-state index in [1.54, 1.807) is 0 Å². The van der Waals surface area contributed by atoms with Gasteiger partial charge in [-0.2, -0.15) is 0 Å². The lowest BCUT2D eigenvalue weighted by Crippen LogP contribution is -2.36. The van der Waals surface area contributed by atoms with Gasteiger partial charge < -0.3 is 10.1 Å². The molecule has 0 saturated heterocycles. The molecule has 0 aliphatic rings. The van der Waals surface area contributed by atoms with Crippen molar-refractivity contribution >= 4 is 23.2 Å². The molecule has 1 aromatic rings. The van der Waals surface area contributed by atoms with Crippen LogP contribution in [0.15, 0.2) is 18.2 Å². The summed E-state index contributed by atoms with van der Waals surface area (Å²) in [5, 5.41) is 14.0. The minimum atomic E-state index is -0.593. The zero-order chi connectivity index (χ0) is 16.7. The highest BCUT2D eigenvalue weighted by atomic mass is 35.5. The number of hydrogen-bond acceptors (Lipinski definition) is 4. The predicted octanol–water partition coefficient (Wildman–Crippen LogP) is 3.57. The lowest BCUT2D eigenvalue weighted by atomic mass is 10.0. The van der Waals surface area contributed by atoms with Crippen molar-refractivity contribution < 1.29 is 14.5 Å². The van der Waals surface area contributed by atoms with E-state index in [1.165, 1.54) is 18.2 Å². The molecule has 0 bridgehead atoms. The third-order valence-electron chi connectivity index (χ3n) is 3.06. The van der Waals surface area contributed by atoms with E-state index in [1.807, 2.05) is 6.92 Å². The van der Waals surface area contributed by atoms with Crippen LogP contribution in [0.2, 0.25) is 5.02 Å². The highest BCUT2D eigenvalue weighted by Crippen LogP contribution is 2.29. The van der Waals surface area contributed by atoms with E-state index >= 15 is 0 Å². The molecule has 0 unspecified atom stereocenters. The number of ether oxygens (including phenoxy) is 1. The topological polar surface area (TPSA) is 81.5 Å². The van der Waals surface area contributed by atoms with E-state index < -0.39 is 4.92 Å². The van der Waals surface area contributed by atoms with Crippen LogP contribution in [0.25, 0.3) is 0 Å². The van der Waals surface area contributed by atoms with Crippen molar-refractivity contribution in [1.82, 2.24) is 5.32 Å². The van der Waals surface area contributed by atoms with Crippen LogP contribution in [-0.4, -0.2) is 23.5 Å². The first kappa shape index (κ1) is 18.2. The fourth-order valence-corrected chi connectivity index (χ4v) is 2.04. The monoisotopic (exact) mass is 328 g/mol. The number of carbonyl (C=O) groups is 1. The lowest BCUT2D eigenvalue weighted by Gasteiger charge is -2.15. The average molecular weight is 329 g/mol. The van der Waals surface area contributed by atoms with Gasteiger partial charge in [0.1, 0.15) is 0 Å². The van der Waals surface area contributed by atoms with Crippen molar-refractivity contribution in [2.24, 2.45) is 5.92 Å². The number of rotatable bonds is 8. The van der Waals surface area contributed by atoms with Gasteiger partial charge in [-0.3, -0.25) is 14.9 Å². The number of nitro benzene ring substituents is 1. The molecule has 22 heavy (non-hydrogen) atoms. The lowest BCUT2D eigenvalue weighted by molar-refractivity contribution is -0.385. The Labute approximate surface area is 134 Å². The second-order valence-electron chi connectivity index (χ2n) is 5.60. The van der Waals surface area contributed by atoms with Crippen molar-refractivity contribution in [3.8, 4) is 5.75 Å². The van der Waals surface area contributed by atoms with Gasteiger partial charge in [0.25, 0.3) is 5.91 Å². The van der Waals surface area contributed by atoms with E-state index in [9.17, 15) is 14.9 Å². The van der Waals surface area contributed by atoms with Gasteiger partial charge >= 0.3 is 5.69 Å². The van der Waals surface area contributed by atoms with E-state index in [0.717, 1.165) is 12.8 Å². The first-order valence-electron chi connectivity index (χ1n) is 7.15. The first-order chi connectivity index (χ1) is 10.3. The van der Waals surface area contributed by atoms with Crippen LogP contribution in [0, 0.1) is 16.0 Å². The maximum Gasteiger partial charge on any atom is 0.312 e. The van der Waals surface area contributed by atoms with Gasteiger partial charge in [-0.05, 0) is 37.8 Å². The predicted molar refractivity (Wildman–Crippen MR) is 85.3 cm³/mol. The standard InChI is InChI=1S/C15H21ClN2O4/c1-10(2)4-5-11(3)17-15(19)9-22-14-7-6-12(16)8-13(14)18(20)21/h6-8,10-11H,4-5,9H2,1-3H3,(H,17,19)/t11-/m1/s1. The summed E-state index contributed by atoms with van der Waals surface area (Å²) in [5.74, 6) is 0.298. The molecule has 7 heteroatoms. The number of benzene rings is 1. The fourth-order valence-electron chi connectivity index (χ4n) is 1.87. The highest BCUT2D eigenvalue weighted by Gasteiger charge is 2.17. The smallest absolute Gasteiger partial charge is 0.312 e. The Balaban J connectivity index is 2.52. The number of halogens is 1. The molecule has 1 atom stereocenters. The third kappa shape index (κ3) is 6.30. The van der Waals surface area contributed by atoms with E-state index in [0.29, 0.717) is 5.92 Å². The van der Waals surface area contributed by atoms with Crippen LogP contribution in [0.1, 0.15) is 33.6 Å². The van der Waals surface area contributed by atoms with E-state index in [2.05, 4.69) is 19.2 Å². The van der Waals surface area contributed by atoms with Gasteiger partial charge in [-0.15, -0.1) is 0 Å². The maximum absolute atomic E-state index is 11.8. The third-order valence-corrected chi connectivity index (χ3v) is 3.30. The van der Waals surface area contributed by atoms with Crippen LogP contribution in [0.4, 0.5) is 5.69 Å². The highest BCUT2D eigenvalue weighted by molar-refractivity contribution is 6.30. The van der Waals surface area contributed by atoms with Gasteiger partial charge in [0.2, 0.25) is 0 Å². The summed E-state index contributed by atoms with van der Waals surface area (Å²) in [5.41, 5.74) is -0.256. The Bertz CT molecular complexity index is 534. The molecule has 0 saturated carbocycles. The Morgan fingerprint density at radius 3 is 2.64 bits per heavy atom.